The Morgan fingerprint density at radius 2 is 1.85 bits per heavy atom. The monoisotopic (exact) mass is 278 g/mol. The molecule has 0 spiro atoms. The Balaban J connectivity index is 1.98. The predicted molar refractivity (Wildman–Crippen MR) is 85.5 cm³/mol. The molecule has 4 rings (SSSR count). The Hall–Kier alpha value is -2.13. The zero-order chi connectivity index (χ0) is 13.7. The number of hydrogen-bond acceptors (Lipinski definition) is 2. The summed E-state index contributed by atoms with van der Waals surface area (Å²) in [5, 5.41) is 1.33. The highest BCUT2D eigenvalue weighted by atomic mass is 32.1. The molecule has 4 aromatic rings. The highest BCUT2D eigenvalue weighted by Gasteiger charge is 2.12. The number of pyridine rings is 1. The maximum atomic E-state index is 4.75. The normalized spacial score (nSPS) is 11.5. The van der Waals surface area contributed by atoms with Crippen LogP contribution in [0.3, 0.4) is 0 Å². The first kappa shape index (κ1) is 11.7. The van der Waals surface area contributed by atoms with Crippen LogP contribution in [0.5, 0.6) is 0 Å². The lowest BCUT2D eigenvalue weighted by atomic mass is 10.1. The quantitative estimate of drug-likeness (QED) is 0.487. The van der Waals surface area contributed by atoms with E-state index in [1.54, 1.807) is 0 Å². The van der Waals surface area contributed by atoms with Crippen LogP contribution in [0, 0.1) is 13.8 Å². The van der Waals surface area contributed by atoms with Crippen LogP contribution in [0.25, 0.3) is 26.3 Å². The van der Waals surface area contributed by atoms with E-state index in [1.807, 2.05) is 11.3 Å². The van der Waals surface area contributed by atoms with Gasteiger partial charge < -0.3 is 4.40 Å². The fourth-order valence-corrected chi connectivity index (χ4v) is 3.79. The summed E-state index contributed by atoms with van der Waals surface area (Å²) in [5.41, 5.74) is 4.64. The average Bonchev–Trinajstić information content (AvgIpc) is 3.00. The SMILES string of the molecule is Cc1ccc2nc(-c3sc4ccccc4c3C)cn2c1. The summed E-state index contributed by atoms with van der Waals surface area (Å²) in [4.78, 5) is 6.02. The van der Waals surface area contributed by atoms with Gasteiger partial charge in [-0.3, -0.25) is 0 Å². The molecule has 0 N–H and O–H groups in total. The molecule has 0 aliphatic rings. The molecule has 3 aromatic heterocycles. The van der Waals surface area contributed by atoms with Gasteiger partial charge in [-0.1, -0.05) is 24.3 Å². The van der Waals surface area contributed by atoms with Crippen molar-refractivity contribution in [3.63, 3.8) is 0 Å². The molecular weight excluding hydrogens is 264 g/mol. The summed E-state index contributed by atoms with van der Waals surface area (Å²) in [6.45, 7) is 4.28. The van der Waals surface area contributed by atoms with Gasteiger partial charge in [-0.25, -0.2) is 4.98 Å². The lowest BCUT2D eigenvalue weighted by molar-refractivity contribution is 1.16. The second-order valence-corrected chi connectivity index (χ2v) is 6.20. The molecule has 98 valence electrons. The van der Waals surface area contributed by atoms with Crippen molar-refractivity contribution in [3.8, 4) is 10.6 Å². The van der Waals surface area contributed by atoms with E-state index in [0.29, 0.717) is 0 Å². The maximum Gasteiger partial charge on any atom is 0.137 e. The molecule has 0 aliphatic heterocycles. The number of imidazole rings is 1. The van der Waals surface area contributed by atoms with Gasteiger partial charge in [0, 0.05) is 17.1 Å². The second-order valence-electron chi connectivity index (χ2n) is 5.15. The molecule has 2 nitrogen and oxygen atoms in total. The third kappa shape index (κ3) is 1.67. The van der Waals surface area contributed by atoms with Crippen LogP contribution >= 0.6 is 11.3 Å². The number of fused-ring (bicyclic) bond motifs is 2. The van der Waals surface area contributed by atoms with Crippen molar-refractivity contribution in [2.45, 2.75) is 13.8 Å². The molecule has 3 heteroatoms. The van der Waals surface area contributed by atoms with Gasteiger partial charge in [0.25, 0.3) is 0 Å². The Kier molecular flexibility index (Phi) is 2.44. The summed E-state index contributed by atoms with van der Waals surface area (Å²) < 4.78 is 3.43. The number of aryl methyl sites for hydroxylation is 2. The number of thiophene rings is 1. The van der Waals surface area contributed by atoms with Crippen molar-refractivity contribution in [1.29, 1.82) is 0 Å². The lowest BCUT2D eigenvalue weighted by Crippen LogP contribution is -1.82. The van der Waals surface area contributed by atoms with Gasteiger partial charge in [0.15, 0.2) is 0 Å². The molecule has 0 saturated carbocycles. The molecule has 0 amide bonds. The average molecular weight is 278 g/mol. The minimum absolute atomic E-state index is 1.00. The van der Waals surface area contributed by atoms with E-state index in [0.717, 1.165) is 11.3 Å². The van der Waals surface area contributed by atoms with Gasteiger partial charge in [-0.05, 0) is 42.5 Å². The molecule has 0 bridgehead atoms. The van der Waals surface area contributed by atoms with Gasteiger partial charge in [0.05, 0.1) is 10.6 Å². The number of rotatable bonds is 1. The van der Waals surface area contributed by atoms with Gasteiger partial charge >= 0.3 is 0 Å². The molecule has 1 aromatic carbocycles. The van der Waals surface area contributed by atoms with Crippen molar-refractivity contribution < 1.29 is 0 Å². The Bertz CT molecular complexity index is 931. The van der Waals surface area contributed by atoms with Crippen molar-refractivity contribution in [2.24, 2.45) is 0 Å². The molecule has 0 atom stereocenters. The zero-order valence-electron chi connectivity index (χ0n) is 11.4. The predicted octanol–water partition coefficient (Wildman–Crippen LogP) is 4.83. The Labute approximate surface area is 121 Å². The third-order valence-corrected chi connectivity index (χ3v) is 4.97. The summed E-state index contributed by atoms with van der Waals surface area (Å²) in [6, 6.07) is 12.7. The van der Waals surface area contributed by atoms with Crippen LogP contribution in [0.4, 0.5) is 0 Å². The number of nitrogens with zero attached hydrogens (tertiary/aromatic N) is 2. The van der Waals surface area contributed by atoms with Crippen molar-refractivity contribution in [2.75, 3.05) is 0 Å². The van der Waals surface area contributed by atoms with Crippen LogP contribution < -0.4 is 0 Å². The fourth-order valence-electron chi connectivity index (χ4n) is 2.63. The summed E-state index contributed by atoms with van der Waals surface area (Å²) in [5.74, 6) is 0. The van der Waals surface area contributed by atoms with E-state index in [1.165, 1.54) is 26.1 Å². The topological polar surface area (TPSA) is 17.3 Å². The fraction of sp³-hybridized carbons (Fsp3) is 0.118. The number of benzene rings is 1. The highest BCUT2D eigenvalue weighted by Crippen LogP contribution is 2.37. The minimum atomic E-state index is 1.00. The molecule has 0 fully saturated rings. The largest absolute Gasteiger partial charge is 0.306 e. The maximum absolute atomic E-state index is 4.75. The van der Waals surface area contributed by atoms with Crippen molar-refractivity contribution in [1.82, 2.24) is 9.38 Å². The van der Waals surface area contributed by atoms with Crippen LogP contribution in [0.15, 0.2) is 48.8 Å². The molecular formula is C17H14N2S. The van der Waals surface area contributed by atoms with E-state index in [9.17, 15) is 0 Å². The van der Waals surface area contributed by atoms with Crippen LogP contribution in [-0.2, 0) is 0 Å². The summed E-state index contributed by atoms with van der Waals surface area (Å²) in [7, 11) is 0. The van der Waals surface area contributed by atoms with E-state index >= 15 is 0 Å². The molecule has 3 heterocycles. The van der Waals surface area contributed by atoms with Gasteiger partial charge in [-0.15, -0.1) is 11.3 Å². The Morgan fingerprint density at radius 3 is 2.70 bits per heavy atom. The van der Waals surface area contributed by atoms with E-state index < -0.39 is 0 Å². The van der Waals surface area contributed by atoms with Crippen molar-refractivity contribution >= 4 is 27.1 Å². The first-order valence-corrected chi connectivity index (χ1v) is 7.48. The first-order valence-electron chi connectivity index (χ1n) is 6.66. The Morgan fingerprint density at radius 1 is 1.00 bits per heavy atom. The van der Waals surface area contributed by atoms with Gasteiger partial charge in [-0.2, -0.15) is 0 Å². The highest BCUT2D eigenvalue weighted by molar-refractivity contribution is 7.22. The van der Waals surface area contributed by atoms with E-state index in [2.05, 4.69) is 67.0 Å². The van der Waals surface area contributed by atoms with Gasteiger partial charge in [0.2, 0.25) is 0 Å². The zero-order valence-corrected chi connectivity index (χ0v) is 12.2. The molecule has 0 unspecified atom stereocenters. The summed E-state index contributed by atoms with van der Waals surface area (Å²) in [6.07, 6.45) is 4.24. The standard InChI is InChI=1S/C17H14N2S/c1-11-7-8-16-18-14(10-19(16)9-11)17-12(2)13-5-3-4-6-15(13)20-17/h3-10H,1-2H3. The lowest BCUT2D eigenvalue weighted by Gasteiger charge is -1.93. The van der Waals surface area contributed by atoms with Crippen LogP contribution in [-0.4, -0.2) is 9.38 Å². The molecule has 0 aliphatic carbocycles. The molecule has 0 radical (unpaired) electrons. The smallest absolute Gasteiger partial charge is 0.137 e. The van der Waals surface area contributed by atoms with E-state index in [4.69, 9.17) is 4.98 Å². The van der Waals surface area contributed by atoms with E-state index in [-0.39, 0.29) is 0 Å². The van der Waals surface area contributed by atoms with Gasteiger partial charge in [0.1, 0.15) is 5.65 Å². The van der Waals surface area contributed by atoms with Crippen LogP contribution in [0.2, 0.25) is 0 Å². The number of aromatic nitrogens is 2. The second kappa shape index (κ2) is 4.18. The summed E-state index contributed by atoms with van der Waals surface area (Å²) >= 11 is 1.82. The third-order valence-electron chi connectivity index (χ3n) is 3.68. The number of hydrogen-bond donors (Lipinski definition) is 0. The molecule has 20 heavy (non-hydrogen) atoms. The van der Waals surface area contributed by atoms with Crippen molar-refractivity contribution in [3.05, 3.63) is 59.9 Å². The first-order chi connectivity index (χ1) is 9.72. The van der Waals surface area contributed by atoms with Crippen LogP contribution in [0.1, 0.15) is 11.1 Å². The minimum Gasteiger partial charge on any atom is -0.306 e. The molecule has 0 saturated heterocycles.